The van der Waals surface area contributed by atoms with Crippen molar-refractivity contribution >= 4 is 39.9 Å². The summed E-state index contributed by atoms with van der Waals surface area (Å²) in [6.45, 7) is 0. The minimum Gasteiger partial charge on any atom is -0.354 e. The molecule has 0 spiro atoms. The monoisotopic (exact) mass is 397 g/mol. The number of fused-ring (bicyclic) bond motifs is 1. The summed E-state index contributed by atoms with van der Waals surface area (Å²) < 4.78 is 0. The normalized spacial score (nSPS) is 14.5. The fourth-order valence-corrected chi connectivity index (χ4v) is 3.14. The summed E-state index contributed by atoms with van der Waals surface area (Å²) in [5.74, 6) is 0.147. The van der Waals surface area contributed by atoms with Gasteiger partial charge in [0.25, 0.3) is 5.69 Å². The molecule has 1 aliphatic rings. The highest BCUT2D eigenvalue weighted by Crippen LogP contribution is 2.33. The molecule has 1 unspecified atom stereocenters. The van der Waals surface area contributed by atoms with Crippen LogP contribution in [0.25, 0.3) is 10.9 Å². The van der Waals surface area contributed by atoms with Gasteiger partial charge >= 0.3 is 0 Å². The molecule has 9 heteroatoms. The zero-order chi connectivity index (χ0) is 19.7. The topological polar surface area (TPSA) is 110 Å². The Labute approximate surface area is 165 Å². The highest BCUT2D eigenvalue weighted by Gasteiger charge is 2.29. The van der Waals surface area contributed by atoms with Crippen molar-refractivity contribution in [1.29, 1.82) is 0 Å². The Kier molecular flexibility index (Phi) is 4.79. The number of nitrogens with one attached hydrogen (secondary N) is 2. The SMILES string of the molecule is O=C(NC1CC1)C(Nc1ncnc2cc(Cl)c([N+](=O)[O-])cc12)c1ccccc1. The number of nitro benzene ring substituents is 1. The van der Waals surface area contributed by atoms with E-state index in [1.807, 2.05) is 30.3 Å². The standard InChI is InChI=1S/C19H16ClN5O3/c20-14-9-15-13(8-16(14)25(27)28)18(22-10-21-15)24-17(11-4-2-1-3-5-11)19(26)23-12-6-7-12/h1-5,8-10,12,17H,6-7H2,(H,23,26)(H,21,22,24). The Morgan fingerprint density at radius 2 is 1.96 bits per heavy atom. The van der Waals surface area contributed by atoms with Gasteiger partial charge in [0.1, 0.15) is 23.2 Å². The van der Waals surface area contributed by atoms with E-state index in [4.69, 9.17) is 11.6 Å². The molecule has 0 bridgehead atoms. The average Bonchev–Trinajstić information content (AvgIpc) is 3.49. The lowest BCUT2D eigenvalue weighted by molar-refractivity contribution is -0.384. The molecule has 1 fully saturated rings. The van der Waals surface area contributed by atoms with Crippen molar-refractivity contribution in [3.05, 3.63) is 69.5 Å². The summed E-state index contributed by atoms with van der Waals surface area (Å²) in [7, 11) is 0. The van der Waals surface area contributed by atoms with Crippen molar-refractivity contribution in [3.63, 3.8) is 0 Å². The van der Waals surface area contributed by atoms with Crippen molar-refractivity contribution < 1.29 is 9.72 Å². The molecule has 0 radical (unpaired) electrons. The molecule has 1 aliphatic carbocycles. The van der Waals surface area contributed by atoms with Crippen LogP contribution < -0.4 is 10.6 Å². The Morgan fingerprint density at radius 3 is 2.64 bits per heavy atom. The van der Waals surface area contributed by atoms with E-state index in [0.29, 0.717) is 16.7 Å². The Morgan fingerprint density at radius 1 is 1.21 bits per heavy atom. The summed E-state index contributed by atoms with van der Waals surface area (Å²) in [5.41, 5.74) is 0.962. The van der Waals surface area contributed by atoms with Gasteiger partial charge in [-0.1, -0.05) is 41.9 Å². The van der Waals surface area contributed by atoms with Crippen LogP contribution in [0, 0.1) is 10.1 Å². The van der Waals surface area contributed by atoms with Gasteiger partial charge in [0.2, 0.25) is 5.91 Å². The lowest BCUT2D eigenvalue weighted by Crippen LogP contribution is -2.35. The molecule has 142 valence electrons. The van der Waals surface area contributed by atoms with Crippen molar-refractivity contribution in [3.8, 4) is 0 Å². The van der Waals surface area contributed by atoms with E-state index in [-0.39, 0.29) is 22.7 Å². The first-order valence-electron chi connectivity index (χ1n) is 8.73. The van der Waals surface area contributed by atoms with Crippen LogP contribution in [0.2, 0.25) is 5.02 Å². The maximum absolute atomic E-state index is 12.8. The molecular formula is C19H16ClN5O3. The van der Waals surface area contributed by atoms with Crippen LogP contribution >= 0.6 is 11.6 Å². The molecule has 1 aromatic heterocycles. The van der Waals surface area contributed by atoms with Gasteiger partial charge in [0.15, 0.2) is 0 Å². The summed E-state index contributed by atoms with van der Waals surface area (Å²) in [6, 6.07) is 11.5. The number of aromatic nitrogens is 2. The number of hydrogen-bond donors (Lipinski definition) is 2. The van der Waals surface area contributed by atoms with Crippen molar-refractivity contribution in [2.45, 2.75) is 24.9 Å². The second-order valence-electron chi connectivity index (χ2n) is 6.57. The van der Waals surface area contributed by atoms with Crippen molar-refractivity contribution in [2.75, 3.05) is 5.32 Å². The molecule has 3 aromatic rings. The van der Waals surface area contributed by atoms with Crippen LogP contribution in [0.1, 0.15) is 24.4 Å². The van der Waals surface area contributed by atoms with E-state index in [9.17, 15) is 14.9 Å². The van der Waals surface area contributed by atoms with Crippen molar-refractivity contribution in [2.24, 2.45) is 0 Å². The minimum absolute atomic E-state index is 0.00626. The van der Waals surface area contributed by atoms with E-state index < -0.39 is 11.0 Å². The number of rotatable bonds is 6. The first kappa shape index (κ1) is 18.1. The van der Waals surface area contributed by atoms with Gasteiger partial charge in [-0.2, -0.15) is 0 Å². The number of carbonyl (C=O) groups excluding carboxylic acids is 1. The van der Waals surface area contributed by atoms with Crippen molar-refractivity contribution in [1.82, 2.24) is 15.3 Å². The first-order chi connectivity index (χ1) is 13.5. The molecule has 2 N–H and O–H groups in total. The summed E-state index contributed by atoms with van der Waals surface area (Å²) in [5, 5.41) is 17.8. The lowest BCUT2D eigenvalue weighted by Gasteiger charge is -2.20. The predicted molar refractivity (Wildman–Crippen MR) is 105 cm³/mol. The number of nitro groups is 1. The highest BCUT2D eigenvalue weighted by molar-refractivity contribution is 6.33. The van der Waals surface area contributed by atoms with Crippen LogP contribution in [0.4, 0.5) is 11.5 Å². The summed E-state index contributed by atoms with van der Waals surface area (Å²) in [6.07, 6.45) is 3.26. The van der Waals surface area contributed by atoms with Crippen LogP contribution in [-0.4, -0.2) is 26.8 Å². The number of hydrogen-bond acceptors (Lipinski definition) is 6. The van der Waals surface area contributed by atoms with E-state index in [1.54, 1.807) is 0 Å². The number of benzene rings is 2. The Balaban J connectivity index is 1.75. The molecule has 1 atom stereocenters. The zero-order valence-electron chi connectivity index (χ0n) is 14.6. The number of amides is 1. The molecule has 8 nitrogen and oxygen atoms in total. The summed E-state index contributed by atoms with van der Waals surface area (Å²) in [4.78, 5) is 31.8. The molecule has 0 aliphatic heterocycles. The highest BCUT2D eigenvalue weighted by atomic mass is 35.5. The molecule has 0 saturated heterocycles. The van der Waals surface area contributed by atoms with Crippen LogP contribution in [0.5, 0.6) is 0 Å². The molecule has 4 rings (SSSR count). The fraction of sp³-hybridized carbons (Fsp3) is 0.211. The fourth-order valence-electron chi connectivity index (χ4n) is 2.92. The molecular weight excluding hydrogens is 382 g/mol. The van der Waals surface area contributed by atoms with Crippen LogP contribution in [0.15, 0.2) is 48.8 Å². The van der Waals surface area contributed by atoms with Gasteiger partial charge in [0.05, 0.1) is 10.4 Å². The zero-order valence-corrected chi connectivity index (χ0v) is 15.4. The maximum Gasteiger partial charge on any atom is 0.288 e. The average molecular weight is 398 g/mol. The second kappa shape index (κ2) is 7.40. The van der Waals surface area contributed by atoms with Gasteiger partial charge in [0, 0.05) is 17.5 Å². The number of nitrogens with zero attached hydrogens (tertiary/aromatic N) is 3. The number of anilines is 1. The molecule has 28 heavy (non-hydrogen) atoms. The van der Waals surface area contributed by atoms with Gasteiger partial charge in [-0.3, -0.25) is 14.9 Å². The molecule has 1 saturated carbocycles. The third-order valence-electron chi connectivity index (χ3n) is 4.50. The maximum atomic E-state index is 12.8. The third-order valence-corrected chi connectivity index (χ3v) is 4.80. The van der Waals surface area contributed by atoms with E-state index in [1.165, 1.54) is 18.5 Å². The Bertz CT molecular complexity index is 1060. The van der Waals surface area contributed by atoms with Gasteiger partial charge in [-0.05, 0) is 24.5 Å². The molecule has 1 heterocycles. The van der Waals surface area contributed by atoms with E-state index in [0.717, 1.165) is 18.4 Å². The smallest absolute Gasteiger partial charge is 0.288 e. The quantitative estimate of drug-likeness (QED) is 0.485. The lowest BCUT2D eigenvalue weighted by atomic mass is 10.1. The number of carbonyl (C=O) groups is 1. The molecule has 2 aromatic carbocycles. The minimum atomic E-state index is -0.699. The first-order valence-corrected chi connectivity index (χ1v) is 9.11. The predicted octanol–water partition coefficient (Wildman–Crippen LogP) is 3.62. The largest absolute Gasteiger partial charge is 0.354 e. The van der Waals surface area contributed by atoms with Crippen LogP contribution in [-0.2, 0) is 4.79 Å². The number of halogens is 1. The van der Waals surface area contributed by atoms with Crippen LogP contribution in [0.3, 0.4) is 0 Å². The van der Waals surface area contributed by atoms with Gasteiger partial charge in [-0.25, -0.2) is 9.97 Å². The second-order valence-corrected chi connectivity index (χ2v) is 6.98. The summed E-state index contributed by atoms with van der Waals surface area (Å²) >= 11 is 5.98. The van der Waals surface area contributed by atoms with E-state index in [2.05, 4.69) is 20.6 Å². The van der Waals surface area contributed by atoms with Gasteiger partial charge < -0.3 is 10.6 Å². The third kappa shape index (κ3) is 3.72. The Hall–Kier alpha value is -3.26. The molecule has 1 amide bonds. The van der Waals surface area contributed by atoms with E-state index >= 15 is 0 Å². The van der Waals surface area contributed by atoms with Gasteiger partial charge in [-0.15, -0.1) is 0 Å².